The van der Waals surface area contributed by atoms with E-state index in [1.807, 2.05) is 0 Å². The zero-order valence-corrected chi connectivity index (χ0v) is 19.3. The van der Waals surface area contributed by atoms with Crippen molar-refractivity contribution in [2.45, 2.75) is 57.0 Å². The highest BCUT2D eigenvalue weighted by Gasteiger charge is 2.42. The number of alkyl halides is 3. The molecule has 0 saturated carbocycles. The van der Waals surface area contributed by atoms with E-state index in [1.165, 1.54) is 12.1 Å². The van der Waals surface area contributed by atoms with Gasteiger partial charge in [0.15, 0.2) is 6.10 Å². The molecule has 10 heteroatoms. The number of aliphatic hydroxyl groups is 2. The first kappa shape index (κ1) is 25.1. The van der Waals surface area contributed by atoms with E-state index in [0.29, 0.717) is 22.6 Å². The van der Waals surface area contributed by atoms with Crippen LogP contribution in [0.5, 0.6) is 5.75 Å². The number of nitrogens with one attached hydrogen (secondary N) is 2. The Balaban J connectivity index is 1.91. The zero-order valence-electron chi connectivity index (χ0n) is 18.5. The summed E-state index contributed by atoms with van der Waals surface area (Å²) < 4.78 is 45.1. The van der Waals surface area contributed by atoms with E-state index in [0.717, 1.165) is 12.7 Å². The van der Waals surface area contributed by atoms with Gasteiger partial charge in [-0.3, -0.25) is 0 Å². The Labute approximate surface area is 194 Å². The van der Waals surface area contributed by atoms with Gasteiger partial charge in [-0.05, 0) is 46.7 Å². The molecule has 2 aromatic rings. The van der Waals surface area contributed by atoms with Gasteiger partial charge < -0.3 is 25.6 Å². The minimum atomic E-state index is -4.93. The van der Waals surface area contributed by atoms with Crippen LogP contribution in [0.1, 0.15) is 55.2 Å². The molecule has 0 spiro atoms. The molecule has 0 aliphatic heterocycles. The maximum absolute atomic E-state index is 13.3. The molecule has 0 radical (unpaired) electrons. The number of halogens is 4. The molecule has 6 nitrogen and oxygen atoms in total. The van der Waals surface area contributed by atoms with Gasteiger partial charge in [0.2, 0.25) is 0 Å². The smallest absolute Gasteiger partial charge is 0.418 e. The summed E-state index contributed by atoms with van der Waals surface area (Å²) in [5.41, 5.74) is 0.656. The lowest BCUT2D eigenvalue weighted by Crippen LogP contribution is -2.40. The maximum Gasteiger partial charge on any atom is 0.418 e. The van der Waals surface area contributed by atoms with Gasteiger partial charge >= 0.3 is 12.2 Å². The highest BCUT2D eigenvalue weighted by atomic mass is 35.5. The summed E-state index contributed by atoms with van der Waals surface area (Å²) in [6.07, 6.45) is -8.43. The van der Waals surface area contributed by atoms with Crippen LogP contribution < -0.4 is 15.4 Å². The van der Waals surface area contributed by atoms with Crippen molar-refractivity contribution >= 4 is 23.3 Å². The van der Waals surface area contributed by atoms with Crippen molar-refractivity contribution in [3.8, 4) is 5.75 Å². The Hall–Kier alpha value is -2.49. The highest BCUT2D eigenvalue weighted by Crippen LogP contribution is 2.43. The first-order chi connectivity index (χ1) is 15.2. The number of anilines is 1. The van der Waals surface area contributed by atoms with Crippen LogP contribution in [0.4, 0.5) is 23.7 Å². The van der Waals surface area contributed by atoms with E-state index in [4.69, 9.17) is 16.3 Å². The zero-order chi connectivity index (χ0) is 24.7. The largest absolute Gasteiger partial charge is 0.494 e. The predicted molar refractivity (Wildman–Crippen MR) is 119 cm³/mol. The van der Waals surface area contributed by atoms with Gasteiger partial charge in [0, 0.05) is 10.6 Å². The number of hydrogen-bond acceptors (Lipinski definition) is 4. The molecule has 1 aliphatic carbocycles. The van der Waals surface area contributed by atoms with Gasteiger partial charge in [-0.25, -0.2) is 4.79 Å². The van der Waals surface area contributed by atoms with E-state index in [9.17, 15) is 28.2 Å². The van der Waals surface area contributed by atoms with Crippen molar-refractivity contribution in [1.82, 2.24) is 5.32 Å². The summed E-state index contributed by atoms with van der Waals surface area (Å²) in [5, 5.41) is 26.1. The molecule has 1 aliphatic rings. The summed E-state index contributed by atoms with van der Waals surface area (Å²) in [6.45, 7) is 5.37. The van der Waals surface area contributed by atoms with Crippen LogP contribution in [0, 0.1) is 0 Å². The van der Waals surface area contributed by atoms with Crippen molar-refractivity contribution in [3.05, 3.63) is 57.6 Å². The normalized spacial score (nSPS) is 19.1. The lowest BCUT2D eigenvalue weighted by atomic mass is 9.84. The minimum Gasteiger partial charge on any atom is -0.494 e. The van der Waals surface area contributed by atoms with Gasteiger partial charge in [0.25, 0.3) is 0 Å². The number of carbonyl (C=O) groups excluding carboxylic acids is 1. The van der Waals surface area contributed by atoms with Crippen molar-refractivity contribution in [3.63, 3.8) is 0 Å². The Morgan fingerprint density at radius 3 is 2.45 bits per heavy atom. The molecule has 0 saturated heterocycles. The average molecular weight is 487 g/mol. The Morgan fingerprint density at radius 2 is 1.91 bits per heavy atom. The number of fused-ring (bicyclic) bond motifs is 1. The molecule has 2 aromatic carbocycles. The van der Waals surface area contributed by atoms with Crippen molar-refractivity contribution in [2.75, 3.05) is 12.4 Å². The third kappa shape index (κ3) is 5.20. The summed E-state index contributed by atoms with van der Waals surface area (Å²) in [5.74, 6) is -0.304. The number of urea groups is 1. The molecule has 0 fully saturated rings. The molecular formula is C23H26ClF3N2O4. The van der Waals surface area contributed by atoms with Gasteiger partial charge in [-0.15, -0.1) is 0 Å². The first-order valence-corrected chi connectivity index (χ1v) is 10.6. The third-order valence-corrected chi connectivity index (χ3v) is 5.99. The Kier molecular flexibility index (Phi) is 6.89. The van der Waals surface area contributed by atoms with Crippen LogP contribution in [0.3, 0.4) is 0 Å². The van der Waals surface area contributed by atoms with Crippen LogP contribution in [-0.2, 0) is 11.8 Å². The Bertz CT molecular complexity index is 1050. The summed E-state index contributed by atoms with van der Waals surface area (Å²) in [7, 11) is 1.15. The molecule has 180 valence electrons. The van der Waals surface area contributed by atoms with E-state index in [1.54, 1.807) is 39.0 Å². The number of rotatable bonds is 4. The van der Waals surface area contributed by atoms with E-state index in [-0.39, 0.29) is 11.4 Å². The lowest BCUT2D eigenvalue weighted by molar-refractivity contribution is -0.207. The number of benzene rings is 2. The van der Waals surface area contributed by atoms with Crippen LogP contribution in [-0.4, -0.2) is 35.6 Å². The quantitative estimate of drug-likeness (QED) is 0.488. The fraction of sp³-hybridized carbons (Fsp3) is 0.435. The molecular weight excluding hydrogens is 461 g/mol. The molecule has 0 heterocycles. The van der Waals surface area contributed by atoms with Gasteiger partial charge in [0.1, 0.15) is 5.75 Å². The number of hydrogen-bond donors (Lipinski definition) is 4. The molecule has 4 N–H and O–H groups in total. The van der Waals surface area contributed by atoms with Crippen molar-refractivity contribution in [1.29, 1.82) is 0 Å². The molecule has 1 unspecified atom stereocenters. The number of aliphatic hydroxyl groups excluding tert-OH is 2. The molecule has 0 aromatic heterocycles. The maximum atomic E-state index is 13.3. The van der Waals surface area contributed by atoms with Crippen molar-refractivity contribution < 1.29 is 32.9 Å². The van der Waals surface area contributed by atoms with Gasteiger partial charge in [-0.2, -0.15) is 13.2 Å². The van der Waals surface area contributed by atoms with Crippen LogP contribution in [0.2, 0.25) is 5.02 Å². The fourth-order valence-corrected chi connectivity index (χ4v) is 4.12. The number of amides is 2. The standard InChI is InChI=1S/C23H26ClF3N2O4/c1-22(2,3)11-8-14(20(31)23(25,26)27)19(33-4)17(9-11)29-21(32)28-16-10-13-12(18(16)30)6-5-7-15(13)24/h5-9,16,18,20,30-31H,10H2,1-4H3,(H2,28,29,32)/t16?,18-,20+/m0/s1. The van der Waals surface area contributed by atoms with Crippen molar-refractivity contribution in [2.24, 2.45) is 0 Å². The average Bonchev–Trinajstić information content (AvgIpc) is 3.02. The fourth-order valence-electron chi connectivity index (χ4n) is 3.86. The minimum absolute atomic E-state index is 0.0382. The van der Waals surface area contributed by atoms with Crippen LogP contribution in [0.25, 0.3) is 0 Å². The second kappa shape index (κ2) is 9.04. The SMILES string of the molecule is COc1c(NC(=O)NC2Cc3c(Cl)cccc3[C@@H]2O)cc(C(C)(C)C)cc1[C@@H](O)C(F)(F)F. The molecule has 3 rings (SSSR count). The number of methoxy groups -OCH3 is 1. The van der Waals surface area contributed by atoms with E-state index < -0.39 is 41.4 Å². The topological polar surface area (TPSA) is 90.8 Å². The van der Waals surface area contributed by atoms with Gasteiger partial charge in [-0.1, -0.05) is 44.5 Å². The molecule has 0 bridgehead atoms. The summed E-state index contributed by atoms with van der Waals surface area (Å²) >= 11 is 6.18. The second-order valence-electron chi connectivity index (χ2n) is 9.00. The number of carbonyl (C=O) groups is 1. The van der Waals surface area contributed by atoms with Crippen LogP contribution >= 0.6 is 11.6 Å². The molecule has 3 atom stereocenters. The van der Waals surface area contributed by atoms with Crippen LogP contribution in [0.15, 0.2) is 30.3 Å². The number of ether oxygens (including phenoxy) is 1. The van der Waals surface area contributed by atoms with E-state index in [2.05, 4.69) is 10.6 Å². The third-order valence-electron chi connectivity index (χ3n) is 5.64. The van der Waals surface area contributed by atoms with E-state index >= 15 is 0 Å². The van der Waals surface area contributed by atoms with Gasteiger partial charge in [0.05, 0.1) is 24.9 Å². The summed E-state index contributed by atoms with van der Waals surface area (Å²) in [6, 6.07) is 6.39. The predicted octanol–water partition coefficient (Wildman–Crippen LogP) is 5.02. The molecule has 2 amide bonds. The monoisotopic (exact) mass is 486 g/mol. The second-order valence-corrected chi connectivity index (χ2v) is 9.41. The molecule has 33 heavy (non-hydrogen) atoms. The highest BCUT2D eigenvalue weighted by molar-refractivity contribution is 6.31. The lowest BCUT2D eigenvalue weighted by Gasteiger charge is -2.26. The first-order valence-electron chi connectivity index (χ1n) is 10.2. The Morgan fingerprint density at radius 1 is 1.24 bits per heavy atom. The summed E-state index contributed by atoms with van der Waals surface area (Å²) in [4.78, 5) is 12.8.